The Hall–Kier alpha value is -3.59. The summed E-state index contributed by atoms with van der Waals surface area (Å²) in [4.78, 5) is 39.0. The van der Waals surface area contributed by atoms with Crippen molar-refractivity contribution in [1.82, 2.24) is 0 Å². The lowest BCUT2D eigenvalue weighted by Gasteiger charge is -2.22. The van der Waals surface area contributed by atoms with E-state index in [1.807, 2.05) is 27.7 Å². The van der Waals surface area contributed by atoms with Crippen LogP contribution in [-0.2, 0) is 16.1 Å². The first-order valence-electron chi connectivity index (χ1n) is 13.1. The molecule has 0 saturated carbocycles. The van der Waals surface area contributed by atoms with Gasteiger partial charge in [-0.15, -0.1) is 0 Å². The highest BCUT2D eigenvalue weighted by molar-refractivity contribution is 6.03. The van der Waals surface area contributed by atoms with Crippen molar-refractivity contribution in [3.05, 3.63) is 39.4 Å². The Morgan fingerprint density at radius 2 is 1.61 bits per heavy atom. The van der Waals surface area contributed by atoms with Crippen molar-refractivity contribution in [1.29, 1.82) is 0 Å². The number of aryl methyl sites for hydroxylation is 1. The van der Waals surface area contributed by atoms with E-state index in [9.17, 15) is 14.4 Å². The Bertz CT molecular complexity index is 1200. The molecule has 1 aliphatic heterocycles. The molecule has 0 aliphatic carbocycles. The van der Waals surface area contributed by atoms with Crippen molar-refractivity contribution in [2.45, 2.75) is 67.4 Å². The van der Waals surface area contributed by atoms with Crippen molar-refractivity contribution in [3.63, 3.8) is 0 Å². The molecule has 9 heteroatoms. The average Bonchev–Trinajstić information content (AvgIpc) is 3.05. The standard InChI is InChI=1S/C29H36O9/c1-7-11-34-21-14-17(5)22-26(19(21)15-30)37-24-18(6)23(28(31)36-13-9-3)25(35-12-8-2)20(16-33-10-4)27(24)38-29(22)32/h14-15H,7-13,16H2,1-6H3. The van der Waals surface area contributed by atoms with Gasteiger partial charge in [0.15, 0.2) is 23.5 Å². The van der Waals surface area contributed by atoms with Gasteiger partial charge >= 0.3 is 11.9 Å². The maximum Gasteiger partial charge on any atom is 0.347 e. The minimum atomic E-state index is -0.707. The normalized spacial score (nSPS) is 12.0. The van der Waals surface area contributed by atoms with Gasteiger partial charge in [-0.3, -0.25) is 4.79 Å². The van der Waals surface area contributed by atoms with Crippen LogP contribution in [0, 0.1) is 13.8 Å². The van der Waals surface area contributed by atoms with E-state index in [2.05, 4.69) is 0 Å². The van der Waals surface area contributed by atoms with E-state index >= 15 is 0 Å². The maximum absolute atomic E-state index is 13.5. The van der Waals surface area contributed by atoms with Gasteiger partial charge in [-0.1, -0.05) is 20.8 Å². The highest BCUT2D eigenvalue weighted by atomic mass is 16.6. The van der Waals surface area contributed by atoms with Crippen LogP contribution in [0.15, 0.2) is 6.07 Å². The van der Waals surface area contributed by atoms with Crippen LogP contribution in [-0.4, -0.2) is 44.7 Å². The van der Waals surface area contributed by atoms with Crippen molar-refractivity contribution < 1.29 is 42.8 Å². The topological polar surface area (TPSA) is 107 Å². The van der Waals surface area contributed by atoms with Crippen molar-refractivity contribution >= 4 is 18.2 Å². The van der Waals surface area contributed by atoms with Gasteiger partial charge in [0.1, 0.15) is 22.6 Å². The highest BCUT2D eigenvalue weighted by Crippen LogP contribution is 2.50. The molecule has 3 rings (SSSR count). The quantitative estimate of drug-likeness (QED) is 0.173. The first-order valence-corrected chi connectivity index (χ1v) is 13.1. The molecular formula is C29H36O9. The lowest BCUT2D eigenvalue weighted by Crippen LogP contribution is -2.16. The number of ether oxygens (including phenoxy) is 6. The number of hydrogen-bond donors (Lipinski definition) is 0. The Labute approximate surface area is 223 Å². The van der Waals surface area contributed by atoms with Crippen LogP contribution in [0.5, 0.6) is 28.7 Å². The zero-order valence-corrected chi connectivity index (χ0v) is 23.0. The van der Waals surface area contributed by atoms with Crippen LogP contribution in [0.4, 0.5) is 0 Å². The van der Waals surface area contributed by atoms with Crippen molar-refractivity contribution in [2.24, 2.45) is 0 Å². The van der Waals surface area contributed by atoms with E-state index in [4.69, 9.17) is 28.4 Å². The number of fused-ring (bicyclic) bond motifs is 2. The van der Waals surface area contributed by atoms with Crippen LogP contribution in [0.3, 0.4) is 0 Å². The van der Waals surface area contributed by atoms with Crippen LogP contribution in [0.1, 0.15) is 94.7 Å². The highest BCUT2D eigenvalue weighted by Gasteiger charge is 2.36. The second kappa shape index (κ2) is 13.3. The number of benzene rings is 2. The number of carbonyl (C=O) groups is 3. The van der Waals surface area contributed by atoms with E-state index in [1.165, 1.54) is 0 Å². The van der Waals surface area contributed by atoms with Crippen molar-refractivity contribution in [2.75, 3.05) is 26.4 Å². The Morgan fingerprint density at radius 1 is 0.921 bits per heavy atom. The molecule has 0 radical (unpaired) electrons. The first-order chi connectivity index (χ1) is 18.3. The Balaban J connectivity index is 2.35. The van der Waals surface area contributed by atoms with Crippen molar-refractivity contribution in [3.8, 4) is 28.7 Å². The Morgan fingerprint density at radius 3 is 2.24 bits per heavy atom. The summed E-state index contributed by atoms with van der Waals surface area (Å²) in [5.74, 6) is -0.595. The van der Waals surface area contributed by atoms with Crippen LogP contribution < -0.4 is 18.9 Å². The summed E-state index contributed by atoms with van der Waals surface area (Å²) in [6.45, 7) is 12.2. The number of hydrogen-bond acceptors (Lipinski definition) is 9. The van der Waals surface area contributed by atoms with E-state index in [1.54, 1.807) is 19.9 Å². The molecule has 0 bridgehead atoms. The van der Waals surface area contributed by atoms with Gasteiger partial charge in [-0.2, -0.15) is 0 Å². The molecule has 2 aromatic rings. The van der Waals surface area contributed by atoms with Gasteiger partial charge in [0.2, 0.25) is 0 Å². The number of carbonyl (C=O) groups excluding carboxylic acids is 3. The minimum Gasteiger partial charge on any atom is -0.493 e. The molecule has 9 nitrogen and oxygen atoms in total. The fourth-order valence-electron chi connectivity index (χ4n) is 4.11. The predicted molar refractivity (Wildman–Crippen MR) is 140 cm³/mol. The van der Waals surface area contributed by atoms with Crippen LogP contribution in [0.25, 0.3) is 0 Å². The number of aldehydes is 1. The molecule has 1 heterocycles. The zero-order valence-electron chi connectivity index (χ0n) is 23.0. The van der Waals surface area contributed by atoms with E-state index in [0.717, 1.165) is 6.42 Å². The average molecular weight is 529 g/mol. The third kappa shape index (κ3) is 5.78. The third-order valence-corrected chi connectivity index (χ3v) is 5.90. The number of rotatable bonds is 13. The van der Waals surface area contributed by atoms with Gasteiger partial charge in [-0.05, 0) is 51.7 Å². The lowest BCUT2D eigenvalue weighted by atomic mass is 10.00. The molecule has 1 aliphatic rings. The fourth-order valence-corrected chi connectivity index (χ4v) is 4.11. The minimum absolute atomic E-state index is 0.00964. The van der Waals surface area contributed by atoms with Gasteiger partial charge < -0.3 is 28.4 Å². The second-order valence-corrected chi connectivity index (χ2v) is 8.85. The summed E-state index contributed by atoms with van der Waals surface area (Å²) in [5, 5.41) is 0. The molecule has 0 fully saturated rings. The summed E-state index contributed by atoms with van der Waals surface area (Å²) in [7, 11) is 0. The van der Waals surface area contributed by atoms with Gasteiger partial charge in [0.25, 0.3) is 0 Å². The molecule has 0 unspecified atom stereocenters. The first kappa shape index (κ1) is 29.0. The smallest absolute Gasteiger partial charge is 0.347 e. The van der Waals surface area contributed by atoms with Crippen LogP contribution in [0.2, 0.25) is 0 Å². The molecular weight excluding hydrogens is 492 g/mol. The second-order valence-electron chi connectivity index (χ2n) is 8.85. The summed E-state index contributed by atoms with van der Waals surface area (Å²) < 4.78 is 35.2. The summed E-state index contributed by atoms with van der Waals surface area (Å²) in [6.07, 6.45) is 2.63. The van der Waals surface area contributed by atoms with Gasteiger partial charge in [0.05, 0.1) is 37.6 Å². The zero-order chi connectivity index (χ0) is 27.8. The van der Waals surface area contributed by atoms with Gasteiger partial charge in [-0.25, -0.2) is 9.59 Å². The summed E-state index contributed by atoms with van der Waals surface area (Å²) in [5.41, 5.74) is 1.54. The molecule has 2 aromatic carbocycles. The molecule has 0 atom stereocenters. The molecule has 0 N–H and O–H groups in total. The fraction of sp³-hybridized carbons (Fsp3) is 0.483. The molecule has 38 heavy (non-hydrogen) atoms. The molecule has 0 aromatic heterocycles. The van der Waals surface area contributed by atoms with E-state index < -0.39 is 11.9 Å². The molecule has 0 spiro atoms. The number of esters is 2. The van der Waals surface area contributed by atoms with E-state index in [0.29, 0.717) is 61.4 Å². The summed E-state index contributed by atoms with van der Waals surface area (Å²) >= 11 is 0. The molecule has 206 valence electrons. The predicted octanol–water partition coefficient (Wildman–Crippen LogP) is 6.12. The van der Waals surface area contributed by atoms with Gasteiger partial charge in [0, 0.05) is 12.2 Å². The van der Waals surface area contributed by atoms with Crippen LogP contribution >= 0.6 is 0 Å². The maximum atomic E-state index is 13.5. The SMILES string of the molecule is CCCOC(=O)c1c(C)c2c(c(COCC)c1OCCC)OC(=O)c1c(C)cc(OCCC)c(C=O)c1O2. The van der Waals surface area contributed by atoms with E-state index in [-0.39, 0.29) is 52.9 Å². The molecule has 0 amide bonds. The monoisotopic (exact) mass is 528 g/mol. The lowest BCUT2D eigenvalue weighted by molar-refractivity contribution is 0.0497. The largest absolute Gasteiger partial charge is 0.493 e. The third-order valence-electron chi connectivity index (χ3n) is 5.90. The molecule has 0 saturated heterocycles. The Kier molecular flexibility index (Phi) is 10.1. The summed E-state index contributed by atoms with van der Waals surface area (Å²) in [6, 6.07) is 1.62.